The summed E-state index contributed by atoms with van der Waals surface area (Å²) in [4.78, 5) is 5.02. The Morgan fingerprint density at radius 2 is 2.00 bits per heavy atom. The van der Waals surface area contributed by atoms with E-state index in [1.807, 2.05) is 0 Å². The number of fused-ring (bicyclic) bond motifs is 1. The van der Waals surface area contributed by atoms with Crippen LogP contribution in [0.5, 0.6) is 0 Å². The van der Waals surface area contributed by atoms with Crippen LogP contribution in [0, 0.1) is 0 Å². The highest BCUT2D eigenvalue weighted by atomic mass is 15.2. The number of hydrogen-bond acceptors (Lipinski definition) is 3. The Kier molecular flexibility index (Phi) is 4.94. The van der Waals surface area contributed by atoms with Crippen LogP contribution in [0.15, 0.2) is 30.3 Å². The Morgan fingerprint density at radius 3 is 2.76 bits per heavy atom. The molecule has 0 aliphatic carbocycles. The molecule has 21 heavy (non-hydrogen) atoms. The molecule has 116 valence electrons. The molecule has 1 aromatic carbocycles. The third kappa shape index (κ3) is 3.65. The van der Waals surface area contributed by atoms with Crippen LogP contribution >= 0.6 is 0 Å². The van der Waals surface area contributed by atoms with Crippen LogP contribution in [0.25, 0.3) is 0 Å². The van der Waals surface area contributed by atoms with E-state index in [1.54, 1.807) is 0 Å². The van der Waals surface area contributed by atoms with Gasteiger partial charge in [-0.1, -0.05) is 30.3 Å². The van der Waals surface area contributed by atoms with E-state index in [2.05, 4.69) is 59.5 Å². The Hall–Kier alpha value is -0.900. The van der Waals surface area contributed by atoms with Crippen molar-refractivity contribution in [3.05, 3.63) is 35.9 Å². The van der Waals surface area contributed by atoms with Crippen molar-refractivity contribution in [3.8, 4) is 0 Å². The predicted molar refractivity (Wildman–Crippen MR) is 88.5 cm³/mol. The van der Waals surface area contributed by atoms with E-state index in [0.29, 0.717) is 12.1 Å². The van der Waals surface area contributed by atoms with Crippen molar-refractivity contribution >= 4 is 0 Å². The molecule has 0 saturated carbocycles. The van der Waals surface area contributed by atoms with Gasteiger partial charge in [-0.05, 0) is 58.4 Å². The van der Waals surface area contributed by atoms with E-state index < -0.39 is 0 Å². The van der Waals surface area contributed by atoms with E-state index in [1.165, 1.54) is 44.3 Å². The van der Waals surface area contributed by atoms with Crippen LogP contribution in [0.2, 0.25) is 0 Å². The standard InChI is InChI=1S/C18H29N3/c1-20(2)18(15-7-4-3-5-8-15)14-19-16-10-12-21-11-6-9-17(21)13-16/h3-5,7-8,16-19H,6,9-14H2,1-2H3. The molecule has 2 aliphatic heterocycles. The summed E-state index contributed by atoms with van der Waals surface area (Å²) >= 11 is 0. The zero-order valence-electron chi connectivity index (χ0n) is 13.5. The molecule has 1 aromatic rings. The lowest BCUT2D eigenvalue weighted by molar-refractivity contribution is 0.160. The second-order valence-corrected chi connectivity index (χ2v) is 6.85. The van der Waals surface area contributed by atoms with Gasteiger partial charge in [0.1, 0.15) is 0 Å². The van der Waals surface area contributed by atoms with Gasteiger partial charge in [0, 0.05) is 24.7 Å². The number of nitrogens with one attached hydrogen (secondary N) is 1. The van der Waals surface area contributed by atoms with Crippen LogP contribution in [-0.4, -0.2) is 55.6 Å². The van der Waals surface area contributed by atoms with Gasteiger partial charge in [0.15, 0.2) is 0 Å². The van der Waals surface area contributed by atoms with Crippen LogP contribution in [-0.2, 0) is 0 Å². The highest BCUT2D eigenvalue weighted by Gasteiger charge is 2.31. The highest BCUT2D eigenvalue weighted by molar-refractivity contribution is 5.19. The van der Waals surface area contributed by atoms with Crippen LogP contribution in [0.3, 0.4) is 0 Å². The van der Waals surface area contributed by atoms with Crippen molar-refractivity contribution in [3.63, 3.8) is 0 Å². The van der Waals surface area contributed by atoms with Crippen LogP contribution in [0.1, 0.15) is 37.3 Å². The SMILES string of the molecule is CN(C)C(CNC1CCN2CCCC2C1)c1ccccc1. The Bertz CT molecular complexity index is 431. The van der Waals surface area contributed by atoms with Crippen molar-refractivity contribution in [2.45, 2.75) is 43.8 Å². The fourth-order valence-electron chi connectivity index (χ4n) is 3.96. The maximum atomic E-state index is 3.85. The second kappa shape index (κ2) is 6.91. The lowest BCUT2D eigenvalue weighted by atomic mass is 9.97. The molecule has 3 atom stereocenters. The number of rotatable bonds is 5. The molecule has 0 radical (unpaired) electrons. The highest BCUT2D eigenvalue weighted by Crippen LogP contribution is 2.27. The monoisotopic (exact) mass is 287 g/mol. The molecule has 2 aliphatic rings. The minimum Gasteiger partial charge on any atom is -0.312 e. The van der Waals surface area contributed by atoms with E-state index in [0.717, 1.165) is 12.6 Å². The lowest BCUT2D eigenvalue weighted by Crippen LogP contribution is -2.47. The summed E-state index contributed by atoms with van der Waals surface area (Å²) in [5, 5.41) is 3.85. The fourth-order valence-corrected chi connectivity index (χ4v) is 3.96. The molecule has 0 aromatic heterocycles. The molecule has 2 fully saturated rings. The largest absolute Gasteiger partial charge is 0.312 e. The molecule has 3 nitrogen and oxygen atoms in total. The quantitative estimate of drug-likeness (QED) is 0.898. The molecule has 0 bridgehead atoms. The summed E-state index contributed by atoms with van der Waals surface area (Å²) < 4.78 is 0. The zero-order chi connectivity index (χ0) is 14.7. The van der Waals surface area contributed by atoms with Crippen molar-refractivity contribution < 1.29 is 0 Å². The van der Waals surface area contributed by atoms with Gasteiger partial charge in [-0.3, -0.25) is 0 Å². The van der Waals surface area contributed by atoms with E-state index >= 15 is 0 Å². The maximum absolute atomic E-state index is 3.85. The molecule has 3 rings (SSSR count). The molecular formula is C18H29N3. The third-order valence-electron chi connectivity index (χ3n) is 5.23. The van der Waals surface area contributed by atoms with E-state index in [4.69, 9.17) is 0 Å². The number of likely N-dealkylation sites (N-methyl/N-ethyl adjacent to an activating group) is 1. The topological polar surface area (TPSA) is 18.5 Å². The first-order chi connectivity index (χ1) is 10.2. The third-order valence-corrected chi connectivity index (χ3v) is 5.23. The number of hydrogen-bond donors (Lipinski definition) is 1. The van der Waals surface area contributed by atoms with Gasteiger partial charge in [-0.25, -0.2) is 0 Å². The van der Waals surface area contributed by atoms with Crippen molar-refractivity contribution in [1.82, 2.24) is 15.1 Å². The molecule has 3 heteroatoms. The second-order valence-electron chi connectivity index (χ2n) is 6.85. The first-order valence-corrected chi connectivity index (χ1v) is 8.43. The Balaban J connectivity index is 1.55. The van der Waals surface area contributed by atoms with Crippen molar-refractivity contribution in [1.29, 1.82) is 0 Å². The van der Waals surface area contributed by atoms with Crippen molar-refractivity contribution in [2.24, 2.45) is 0 Å². The number of benzene rings is 1. The first kappa shape index (κ1) is 15.0. The van der Waals surface area contributed by atoms with Gasteiger partial charge in [0.05, 0.1) is 0 Å². The summed E-state index contributed by atoms with van der Waals surface area (Å²) in [6.45, 7) is 3.68. The summed E-state index contributed by atoms with van der Waals surface area (Å²) in [7, 11) is 4.36. The summed E-state index contributed by atoms with van der Waals surface area (Å²) in [5.74, 6) is 0. The normalized spacial score (nSPS) is 27.8. The van der Waals surface area contributed by atoms with Crippen molar-refractivity contribution in [2.75, 3.05) is 33.7 Å². The minimum atomic E-state index is 0.466. The molecule has 2 saturated heterocycles. The van der Waals surface area contributed by atoms with Crippen LogP contribution < -0.4 is 5.32 Å². The first-order valence-electron chi connectivity index (χ1n) is 8.43. The summed E-state index contributed by atoms with van der Waals surface area (Å²) in [6, 6.07) is 12.9. The lowest BCUT2D eigenvalue weighted by Gasteiger charge is -2.36. The summed E-state index contributed by atoms with van der Waals surface area (Å²) in [5.41, 5.74) is 1.41. The Morgan fingerprint density at radius 1 is 1.19 bits per heavy atom. The molecule has 3 unspecified atom stereocenters. The van der Waals surface area contributed by atoms with Gasteiger partial charge in [-0.15, -0.1) is 0 Å². The fraction of sp³-hybridized carbons (Fsp3) is 0.667. The Labute approximate surface area is 129 Å². The average molecular weight is 287 g/mol. The van der Waals surface area contributed by atoms with E-state index in [9.17, 15) is 0 Å². The molecule has 1 N–H and O–H groups in total. The molecule has 0 spiro atoms. The molecule has 2 heterocycles. The van der Waals surface area contributed by atoms with E-state index in [-0.39, 0.29) is 0 Å². The van der Waals surface area contributed by atoms with Gasteiger partial charge in [-0.2, -0.15) is 0 Å². The maximum Gasteiger partial charge on any atom is 0.0466 e. The molecule has 0 amide bonds. The minimum absolute atomic E-state index is 0.466. The zero-order valence-corrected chi connectivity index (χ0v) is 13.5. The summed E-state index contributed by atoms with van der Waals surface area (Å²) in [6.07, 6.45) is 5.47. The number of piperidine rings is 1. The molecular weight excluding hydrogens is 258 g/mol. The van der Waals surface area contributed by atoms with Gasteiger partial charge in [0.25, 0.3) is 0 Å². The van der Waals surface area contributed by atoms with Crippen LogP contribution in [0.4, 0.5) is 0 Å². The van der Waals surface area contributed by atoms with Gasteiger partial charge >= 0.3 is 0 Å². The average Bonchev–Trinajstić information content (AvgIpc) is 2.96. The van der Waals surface area contributed by atoms with Gasteiger partial charge in [0.2, 0.25) is 0 Å². The van der Waals surface area contributed by atoms with Gasteiger partial charge < -0.3 is 15.1 Å². The number of nitrogens with zero attached hydrogens (tertiary/aromatic N) is 2. The smallest absolute Gasteiger partial charge is 0.0466 e. The predicted octanol–water partition coefficient (Wildman–Crippen LogP) is 2.51.